The van der Waals surface area contributed by atoms with Crippen LogP contribution in [0.3, 0.4) is 0 Å². The van der Waals surface area contributed by atoms with Crippen molar-refractivity contribution >= 4 is 51.6 Å². The summed E-state index contributed by atoms with van der Waals surface area (Å²) >= 11 is 0. The van der Waals surface area contributed by atoms with Gasteiger partial charge in [-0.05, 0) is 31.0 Å². The Bertz CT molecular complexity index is 939. The zero-order valence-electron chi connectivity index (χ0n) is 16.6. The maximum absolute atomic E-state index is 12.6. The maximum atomic E-state index is 12.6. The van der Waals surface area contributed by atoms with Crippen molar-refractivity contribution in [3.05, 3.63) is 29.8 Å². The van der Waals surface area contributed by atoms with Gasteiger partial charge in [-0.1, -0.05) is 12.0 Å². The minimum atomic E-state index is -5.32. The van der Waals surface area contributed by atoms with Gasteiger partial charge < -0.3 is 16.0 Å². The molecule has 0 saturated carbocycles. The highest BCUT2D eigenvalue weighted by Gasteiger charge is 2.50. The van der Waals surface area contributed by atoms with Gasteiger partial charge in [0.25, 0.3) is 0 Å². The normalized spacial score (nSPS) is 16.0. The Hall–Kier alpha value is -2.05. The van der Waals surface area contributed by atoms with Gasteiger partial charge in [0.05, 0.1) is 6.54 Å². The molecule has 1 aromatic rings. The SMILES string of the molecule is C#Cc1cccc(NC(=O)CNC(=NC)NC2CCN(S(=O)(=O)C(F)(F)F)CC2)c1.I. The first kappa shape index (κ1) is 27.0. The quantitative estimate of drug-likeness (QED) is 0.216. The Balaban J connectivity index is 0.00000480. The van der Waals surface area contributed by atoms with Crippen molar-refractivity contribution in [2.75, 3.05) is 32.0 Å². The van der Waals surface area contributed by atoms with E-state index in [-0.39, 0.29) is 74.4 Å². The fourth-order valence-corrected chi connectivity index (χ4v) is 3.82. The topological polar surface area (TPSA) is 103 Å². The smallest absolute Gasteiger partial charge is 0.354 e. The van der Waals surface area contributed by atoms with E-state index in [1.807, 2.05) is 0 Å². The summed E-state index contributed by atoms with van der Waals surface area (Å²) in [5.41, 5.74) is -4.15. The molecule has 0 spiro atoms. The Kier molecular flexibility index (Phi) is 10.0. The van der Waals surface area contributed by atoms with Gasteiger partial charge in [0.15, 0.2) is 5.96 Å². The number of piperidine rings is 1. The molecule has 0 unspecified atom stereocenters. The monoisotopic (exact) mass is 573 g/mol. The zero-order valence-corrected chi connectivity index (χ0v) is 19.7. The lowest BCUT2D eigenvalue weighted by Crippen LogP contribution is -2.52. The lowest BCUT2D eigenvalue weighted by Gasteiger charge is -2.32. The van der Waals surface area contributed by atoms with Crippen LogP contribution in [0.4, 0.5) is 18.9 Å². The number of terminal acetylenes is 1. The van der Waals surface area contributed by atoms with Crippen LogP contribution in [0.15, 0.2) is 29.3 Å². The lowest BCUT2D eigenvalue weighted by atomic mass is 10.1. The molecule has 3 N–H and O–H groups in total. The second-order valence-electron chi connectivity index (χ2n) is 6.47. The van der Waals surface area contributed by atoms with E-state index in [4.69, 9.17) is 6.42 Å². The van der Waals surface area contributed by atoms with E-state index in [1.54, 1.807) is 24.3 Å². The van der Waals surface area contributed by atoms with Crippen LogP contribution in [0.2, 0.25) is 0 Å². The number of nitrogens with one attached hydrogen (secondary N) is 3. The molecular weight excluding hydrogens is 550 g/mol. The van der Waals surface area contributed by atoms with Gasteiger partial charge in [-0.25, -0.2) is 8.42 Å². The largest absolute Gasteiger partial charge is 0.511 e. The fraction of sp³-hybridized carbons (Fsp3) is 0.444. The Morgan fingerprint density at radius 2 is 1.97 bits per heavy atom. The molecule has 1 fully saturated rings. The number of carbonyl (C=O) groups is 1. The first-order valence-corrected chi connectivity index (χ1v) is 10.4. The highest BCUT2D eigenvalue weighted by molar-refractivity contribution is 14.0. The molecule has 1 aromatic carbocycles. The third kappa shape index (κ3) is 7.54. The predicted octanol–water partition coefficient (Wildman–Crippen LogP) is 1.70. The number of alkyl halides is 3. The average molecular weight is 573 g/mol. The molecule has 31 heavy (non-hydrogen) atoms. The first-order valence-electron chi connectivity index (χ1n) is 8.97. The zero-order chi connectivity index (χ0) is 22.4. The van der Waals surface area contributed by atoms with Crippen LogP contribution in [-0.2, 0) is 14.8 Å². The molecular formula is C18H23F3IN5O3S. The summed E-state index contributed by atoms with van der Waals surface area (Å²) in [4.78, 5) is 16.1. The molecule has 0 radical (unpaired) electrons. The molecule has 1 aliphatic rings. The van der Waals surface area contributed by atoms with E-state index < -0.39 is 15.5 Å². The van der Waals surface area contributed by atoms with Crippen LogP contribution >= 0.6 is 24.0 Å². The molecule has 1 amide bonds. The van der Waals surface area contributed by atoms with Gasteiger partial charge >= 0.3 is 15.5 Å². The summed E-state index contributed by atoms with van der Waals surface area (Å²) in [5, 5.41) is 8.47. The fourth-order valence-electron chi connectivity index (χ4n) is 2.83. The number of sulfonamides is 1. The molecule has 172 valence electrons. The number of amides is 1. The van der Waals surface area contributed by atoms with Crippen molar-refractivity contribution in [1.29, 1.82) is 0 Å². The van der Waals surface area contributed by atoms with E-state index in [2.05, 4.69) is 26.9 Å². The van der Waals surface area contributed by atoms with Gasteiger partial charge in [-0.2, -0.15) is 17.5 Å². The molecule has 0 aliphatic carbocycles. The standard InChI is InChI=1S/C18H22F3N5O3S.HI/c1-3-13-5-4-6-15(11-13)24-16(27)12-23-17(22-2)25-14-7-9-26(10-8-14)30(28,29)18(19,20)21;/h1,4-6,11,14H,7-10,12H2,2H3,(H,24,27)(H2,22,23,25);1H. The van der Waals surface area contributed by atoms with Crippen LogP contribution in [-0.4, -0.2) is 62.8 Å². The number of nitrogens with zero attached hydrogens (tertiary/aromatic N) is 2. The summed E-state index contributed by atoms with van der Waals surface area (Å²) in [5.74, 6) is 2.40. The summed E-state index contributed by atoms with van der Waals surface area (Å²) in [6.45, 7) is -0.633. The van der Waals surface area contributed by atoms with Crippen molar-refractivity contribution in [2.45, 2.75) is 24.4 Å². The summed E-state index contributed by atoms with van der Waals surface area (Å²) in [7, 11) is -3.84. The Morgan fingerprint density at radius 1 is 1.32 bits per heavy atom. The third-order valence-corrected chi connectivity index (χ3v) is 6.01. The highest BCUT2D eigenvalue weighted by atomic mass is 127. The molecule has 8 nitrogen and oxygen atoms in total. The number of halogens is 4. The number of aliphatic imine (C=N–C) groups is 1. The summed E-state index contributed by atoms with van der Waals surface area (Å²) < 4.78 is 61.2. The lowest BCUT2D eigenvalue weighted by molar-refractivity contribution is -0.115. The highest BCUT2D eigenvalue weighted by Crippen LogP contribution is 2.28. The molecule has 0 aromatic heterocycles. The number of benzene rings is 1. The molecule has 1 aliphatic heterocycles. The van der Waals surface area contributed by atoms with Crippen LogP contribution in [0.1, 0.15) is 18.4 Å². The predicted molar refractivity (Wildman–Crippen MR) is 122 cm³/mol. The number of rotatable bonds is 5. The second-order valence-corrected chi connectivity index (χ2v) is 8.40. The average Bonchev–Trinajstić information content (AvgIpc) is 2.70. The molecule has 1 heterocycles. The van der Waals surface area contributed by atoms with Crippen LogP contribution in [0.5, 0.6) is 0 Å². The van der Waals surface area contributed by atoms with Gasteiger partial charge in [-0.15, -0.1) is 30.4 Å². The third-order valence-electron chi connectivity index (χ3n) is 4.38. The Labute approximate surface area is 196 Å². The summed E-state index contributed by atoms with van der Waals surface area (Å²) in [6, 6.07) is 6.49. The van der Waals surface area contributed by atoms with Crippen LogP contribution < -0.4 is 16.0 Å². The summed E-state index contributed by atoms with van der Waals surface area (Å²) in [6.07, 6.45) is 5.65. The van der Waals surface area contributed by atoms with E-state index in [1.165, 1.54) is 7.05 Å². The van der Waals surface area contributed by atoms with Crippen molar-refractivity contribution in [2.24, 2.45) is 4.99 Å². The van der Waals surface area contributed by atoms with Crippen molar-refractivity contribution < 1.29 is 26.4 Å². The van der Waals surface area contributed by atoms with Gasteiger partial charge in [0.1, 0.15) is 0 Å². The van der Waals surface area contributed by atoms with E-state index in [0.717, 1.165) is 0 Å². The second kappa shape index (κ2) is 11.5. The van der Waals surface area contributed by atoms with Gasteiger partial charge in [-0.3, -0.25) is 9.79 Å². The van der Waals surface area contributed by atoms with Crippen molar-refractivity contribution in [1.82, 2.24) is 14.9 Å². The van der Waals surface area contributed by atoms with Gasteiger partial charge in [0.2, 0.25) is 5.91 Å². The molecule has 0 bridgehead atoms. The molecule has 1 saturated heterocycles. The number of hydrogen-bond donors (Lipinski definition) is 3. The molecule has 0 atom stereocenters. The van der Waals surface area contributed by atoms with Crippen molar-refractivity contribution in [3.63, 3.8) is 0 Å². The minimum Gasteiger partial charge on any atom is -0.354 e. The minimum absolute atomic E-state index is 0. The molecule has 13 heteroatoms. The van der Waals surface area contributed by atoms with E-state index in [9.17, 15) is 26.4 Å². The van der Waals surface area contributed by atoms with Crippen molar-refractivity contribution in [3.8, 4) is 12.3 Å². The first-order chi connectivity index (χ1) is 14.1. The number of hydrogen-bond acceptors (Lipinski definition) is 4. The van der Waals surface area contributed by atoms with Crippen LogP contribution in [0, 0.1) is 12.3 Å². The van der Waals surface area contributed by atoms with E-state index >= 15 is 0 Å². The Morgan fingerprint density at radius 3 is 2.52 bits per heavy atom. The van der Waals surface area contributed by atoms with Gasteiger partial charge in [0, 0.05) is 37.4 Å². The van der Waals surface area contributed by atoms with Crippen LogP contribution in [0.25, 0.3) is 0 Å². The number of carbonyl (C=O) groups excluding carboxylic acids is 1. The number of anilines is 1. The van der Waals surface area contributed by atoms with E-state index in [0.29, 0.717) is 15.6 Å². The maximum Gasteiger partial charge on any atom is 0.511 e. The number of guanidine groups is 1. The molecule has 2 rings (SSSR count).